The highest BCUT2D eigenvalue weighted by molar-refractivity contribution is 7.11. The number of carbonyl (C=O) groups excluding carboxylic acids is 1. The van der Waals surface area contributed by atoms with Crippen molar-refractivity contribution in [2.75, 3.05) is 0 Å². The minimum Gasteiger partial charge on any atom is -0.345 e. The first-order chi connectivity index (χ1) is 8.25. The fourth-order valence-corrected chi connectivity index (χ4v) is 2.07. The monoisotopic (exact) mass is 248 g/mol. The van der Waals surface area contributed by atoms with Crippen LogP contribution in [-0.4, -0.2) is 21.1 Å². The highest BCUT2D eigenvalue weighted by atomic mass is 32.1. The fourth-order valence-electron chi connectivity index (χ4n) is 1.25. The maximum Gasteiger partial charge on any atom is 0.244 e. The molecule has 17 heavy (non-hydrogen) atoms. The van der Waals surface area contributed by atoms with Gasteiger partial charge >= 0.3 is 0 Å². The number of thiophene rings is 1. The van der Waals surface area contributed by atoms with E-state index in [9.17, 15) is 4.79 Å². The van der Waals surface area contributed by atoms with Crippen LogP contribution in [0.15, 0.2) is 23.8 Å². The van der Waals surface area contributed by atoms with Crippen molar-refractivity contribution in [3.8, 4) is 0 Å². The van der Waals surface area contributed by atoms with Crippen LogP contribution in [0.3, 0.4) is 0 Å². The molecule has 6 heteroatoms. The zero-order valence-electron chi connectivity index (χ0n) is 9.30. The first-order valence-corrected chi connectivity index (χ1v) is 5.98. The van der Waals surface area contributed by atoms with Gasteiger partial charge in [-0.15, -0.1) is 11.3 Å². The summed E-state index contributed by atoms with van der Waals surface area (Å²) in [6.45, 7) is 2.37. The van der Waals surface area contributed by atoms with E-state index in [1.54, 1.807) is 11.3 Å². The molecule has 2 aromatic rings. The summed E-state index contributed by atoms with van der Waals surface area (Å²) >= 11 is 1.61. The number of carbonyl (C=O) groups is 1. The summed E-state index contributed by atoms with van der Waals surface area (Å²) in [5.74, 6) is 0.494. The number of nitrogens with one attached hydrogen (secondary N) is 2. The van der Waals surface area contributed by atoms with Gasteiger partial charge in [0.25, 0.3) is 0 Å². The number of nitrogens with zero attached hydrogens (tertiary/aromatic N) is 2. The molecule has 2 aromatic heterocycles. The zero-order valence-corrected chi connectivity index (χ0v) is 10.1. The van der Waals surface area contributed by atoms with E-state index >= 15 is 0 Å². The van der Waals surface area contributed by atoms with E-state index in [2.05, 4.69) is 20.5 Å². The number of aryl methyl sites for hydroxylation is 1. The molecular weight excluding hydrogens is 236 g/mol. The van der Waals surface area contributed by atoms with Crippen LogP contribution in [-0.2, 0) is 11.3 Å². The molecule has 1 amide bonds. The second-order valence-corrected chi connectivity index (χ2v) is 4.40. The molecule has 0 aromatic carbocycles. The molecule has 0 saturated heterocycles. The van der Waals surface area contributed by atoms with Crippen molar-refractivity contribution in [2.24, 2.45) is 0 Å². The maximum atomic E-state index is 11.5. The number of H-pyrrole nitrogens is 1. The average Bonchev–Trinajstić information content (AvgIpc) is 2.95. The van der Waals surface area contributed by atoms with Crippen LogP contribution in [0.2, 0.25) is 0 Å². The number of hydrogen-bond donors (Lipinski definition) is 2. The third-order valence-corrected chi connectivity index (χ3v) is 3.17. The number of rotatable bonds is 4. The molecule has 0 fully saturated rings. The average molecular weight is 248 g/mol. The van der Waals surface area contributed by atoms with Gasteiger partial charge in [0, 0.05) is 11.0 Å². The van der Waals surface area contributed by atoms with Crippen molar-refractivity contribution >= 4 is 23.3 Å². The second-order valence-electron chi connectivity index (χ2n) is 3.45. The molecule has 0 atom stereocenters. The van der Waals surface area contributed by atoms with Crippen LogP contribution in [0.25, 0.3) is 6.08 Å². The van der Waals surface area contributed by atoms with Gasteiger partial charge in [0.15, 0.2) is 0 Å². The molecule has 0 aliphatic rings. The molecule has 0 bridgehead atoms. The van der Waals surface area contributed by atoms with E-state index in [0.717, 1.165) is 4.88 Å². The Balaban J connectivity index is 1.85. The van der Waals surface area contributed by atoms with Crippen LogP contribution in [0.1, 0.15) is 16.3 Å². The lowest BCUT2D eigenvalue weighted by atomic mass is 10.3. The summed E-state index contributed by atoms with van der Waals surface area (Å²) < 4.78 is 0. The van der Waals surface area contributed by atoms with Gasteiger partial charge in [-0.25, -0.2) is 4.98 Å². The third-order valence-electron chi connectivity index (χ3n) is 2.18. The lowest BCUT2D eigenvalue weighted by molar-refractivity contribution is -0.116. The number of hydrogen-bond acceptors (Lipinski definition) is 4. The second kappa shape index (κ2) is 5.40. The molecule has 0 unspecified atom stereocenters. The van der Waals surface area contributed by atoms with E-state index in [1.807, 2.05) is 24.4 Å². The molecule has 0 saturated carbocycles. The van der Waals surface area contributed by atoms with Gasteiger partial charge in [-0.2, -0.15) is 5.10 Å². The first kappa shape index (κ1) is 11.5. The lowest BCUT2D eigenvalue weighted by Crippen LogP contribution is -2.20. The van der Waals surface area contributed by atoms with Gasteiger partial charge in [0.1, 0.15) is 12.2 Å². The molecule has 0 aliphatic heterocycles. The molecule has 2 rings (SSSR count). The van der Waals surface area contributed by atoms with E-state index in [4.69, 9.17) is 0 Å². The van der Waals surface area contributed by atoms with Crippen molar-refractivity contribution in [3.63, 3.8) is 0 Å². The number of aromatic nitrogens is 3. The topological polar surface area (TPSA) is 70.7 Å². The lowest BCUT2D eigenvalue weighted by Gasteiger charge is -1.97. The Bertz CT molecular complexity index is 515. The minimum absolute atomic E-state index is 0.144. The molecule has 2 heterocycles. The summed E-state index contributed by atoms with van der Waals surface area (Å²) in [7, 11) is 0. The van der Waals surface area contributed by atoms with E-state index in [0.29, 0.717) is 12.4 Å². The molecule has 88 valence electrons. The Hall–Kier alpha value is -1.95. The van der Waals surface area contributed by atoms with Crippen molar-refractivity contribution in [2.45, 2.75) is 13.5 Å². The van der Waals surface area contributed by atoms with Crippen molar-refractivity contribution < 1.29 is 4.79 Å². The maximum absolute atomic E-state index is 11.5. The third kappa shape index (κ3) is 3.25. The van der Waals surface area contributed by atoms with Crippen LogP contribution >= 0.6 is 11.3 Å². The Morgan fingerprint density at radius 2 is 2.53 bits per heavy atom. The summed E-state index contributed by atoms with van der Waals surface area (Å²) in [6.07, 6.45) is 4.75. The highest BCUT2D eigenvalue weighted by Gasteiger charge is 1.99. The minimum atomic E-state index is -0.144. The van der Waals surface area contributed by atoms with Crippen LogP contribution in [0.5, 0.6) is 0 Å². The summed E-state index contributed by atoms with van der Waals surface area (Å²) in [4.78, 5) is 16.5. The fraction of sp³-hybridized carbons (Fsp3) is 0.182. The highest BCUT2D eigenvalue weighted by Crippen LogP contribution is 2.16. The summed E-state index contributed by atoms with van der Waals surface area (Å²) in [5.41, 5.74) is 1.18. The van der Waals surface area contributed by atoms with Gasteiger partial charge in [-0.05, 0) is 30.0 Å². The molecular formula is C11H12N4OS. The molecule has 5 nitrogen and oxygen atoms in total. The van der Waals surface area contributed by atoms with Crippen molar-refractivity contribution in [1.29, 1.82) is 0 Å². The van der Waals surface area contributed by atoms with E-state index in [-0.39, 0.29) is 5.91 Å². The smallest absolute Gasteiger partial charge is 0.244 e. The van der Waals surface area contributed by atoms with E-state index < -0.39 is 0 Å². The Kier molecular flexibility index (Phi) is 3.66. The number of aromatic amines is 1. The predicted molar refractivity (Wildman–Crippen MR) is 66.3 cm³/mol. The Morgan fingerprint density at radius 3 is 3.18 bits per heavy atom. The molecule has 2 N–H and O–H groups in total. The van der Waals surface area contributed by atoms with Gasteiger partial charge < -0.3 is 5.32 Å². The largest absolute Gasteiger partial charge is 0.345 e. The zero-order chi connectivity index (χ0) is 12.1. The van der Waals surface area contributed by atoms with Gasteiger partial charge in [0.05, 0.1) is 6.54 Å². The van der Waals surface area contributed by atoms with Crippen LogP contribution < -0.4 is 5.32 Å². The van der Waals surface area contributed by atoms with Gasteiger partial charge in [-0.3, -0.25) is 9.89 Å². The predicted octanol–water partition coefficient (Wildman–Crippen LogP) is 1.50. The quantitative estimate of drug-likeness (QED) is 0.806. The molecule has 0 aliphatic carbocycles. The number of amides is 1. The summed E-state index contributed by atoms with van der Waals surface area (Å²) in [6, 6.07) is 2.02. The van der Waals surface area contributed by atoms with Crippen molar-refractivity contribution in [1.82, 2.24) is 20.5 Å². The molecule has 0 spiro atoms. The van der Waals surface area contributed by atoms with Crippen molar-refractivity contribution in [3.05, 3.63) is 40.1 Å². The standard InChI is InChI=1S/C11H12N4OS/c1-8-4-5-17-9(8)2-3-11(16)12-6-10-13-7-14-15-10/h2-5,7H,6H2,1H3,(H,12,16)(H,13,14,15)/b3-2+. The molecule has 0 radical (unpaired) electrons. The van der Waals surface area contributed by atoms with Crippen LogP contribution in [0, 0.1) is 6.92 Å². The Morgan fingerprint density at radius 1 is 1.65 bits per heavy atom. The van der Waals surface area contributed by atoms with Gasteiger partial charge in [0.2, 0.25) is 5.91 Å². The van der Waals surface area contributed by atoms with E-state index in [1.165, 1.54) is 18.0 Å². The SMILES string of the molecule is Cc1ccsc1/C=C/C(=O)NCc1ncn[nH]1. The normalized spacial score (nSPS) is 10.9. The summed E-state index contributed by atoms with van der Waals surface area (Å²) in [5, 5.41) is 11.1. The first-order valence-electron chi connectivity index (χ1n) is 5.10. The van der Waals surface area contributed by atoms with Crippen LogP contribution in [0.4, 0.5) is 0 Å². The Labute approximate surface area is 103 Å². The van der Waals surface area contributed by atoms with Gasteiger partial charge in [-0.1, -0.05) is 0 Å².